The molecule has 1 saturated heterocycles. The second kappa shape index (κ2) is 2.21. The Morgan fingerprint density at radius 2 is 2.44 bits per heavy atom. The Balaban J connectivity index is 2.54. The number of carbonyl (C=O) groups is 1. The van der Waals surface area contributed by atoms with Gasteiger partial charge in [-0.15, -0.1) is 0 Å². The summed E-state index contributed by atoms with van der Waals surface area (Å²) in [6.07, 6.45) is 1.43. The smallest absolute Gasteiger partial charge is 0.310 e. The molecule has 1 heterocycles. The standard InChI is InChI=1S/C7H10O2/c1-5-3-4-7(8)9-6(5)2/h5H,2-4H2,1H3/t5-/m0/s1. The van der Waals surface area contributed by atoms with Gasteiger partial charge in [0.25, 0.3) is 0 Å². The minimum Gasteiger partial charge on any atom is -0.431 e. The van der Waals surface area contributed by atoms with Crippen molar-refractivity contribution in [2.24, 2.45) is 5.92 Å². The largest absolute Gasteiger partial charge is 0.431 e. The molecule has 50 valence electrons. The van der Waals surface area contributed by atoms with E-state index in [0.29, 0.717) is 18.1 Å². The molecule has 0 radical (unpaired) electrons. The molecular weight excluding hydrogens is 116 g/mol. The molecule has 1 rings (SSSR count). The van der Waals surface area contributed by atoms with Gasteiger partial charge in [-0.3, -0.25) is 4.79 Å². The van der Waals surface area contributed by atoms with Crippen LogP contribution in [-0.4, -0.2) is 5.97 Å². The average molecular weight is 126 g/mol. The predicted octanol–water partition coefficient (Wildman–Crippen LogP) is 1.47. The SMILES string of the molecule is C=C1OC(=O)CC[C@@H]1C. The maximum absolute atomic E-state index is 10.5. The third-order valence-electron chi connectivity index (χ3n) is 1.58. The van der Waals surface area contributed by atoms with E-state index in [1.54, 1.807) is 0 Å². The van der Waals surface area contributed by atoms with Crippen LogP contribution in [0.25, 0.3) is 0 Å². The summed E-state index contributed by atoms with van der Waals surface area (Å²) in [5.74, 6) is 0.826. The van der Waals surface area contributed by atoms with Gasteiger partial charge in [0, 0.05) is 12.3 Å². The second-order valence-corrected chi connectivity index (χ2v) is 2.38. The third-order valence-corrected chi connectivity index (χ3v) is 1.58. The highest BCUT2D eigenvalue weighted by Gasteiger charge is 2.19. The van der Waals surface area contributed by atoms with Gasteiger partial charge in [-0.05, 0) is 6.42 Å². The van der Waals surface area contributed by atoms with Crippen LogP contribution >= 0.6 is 0 Å². The van der Waals surface area contributed by atoms with E-state index in [2.05, 4.69) is 6.58 Å². The van der Waals surface area contributed by atoms with Gasteiger partial charge < -0.3 is 4.74 Å². The summed E-state index contributed by atoms with van der Waals surface area (Å²) in [4.78, 5) is 10.5. The Labute approximate surface area is 54.5 Å². The van der Waals surface area contributed by atoms with Crippen LogP contribution in [0.1, 0.15) is 19.8 Å². The van der Waals surface area contributed by atoms with E-state index >= 15 is 0 Å². The van der Waals surface area contributed by atoms with Crippen molar-refractivity contribution >= 4 is 5.97 Å². The molecule has 0 aromatic carbocycles. The van der Waals surface area contributed by atoms with Crippen LogP contribution in [0.3, 0.4) is 0 Å². The van der Waals surface area contributed by atoms with Crippen LogP contribution in [0, 0.1) is 5.92 Å². The van der Waals surface area contributed by atoms with E-state index < -0.39 is 0 Å². The third kappa shape index (κ3) is 1.31. The summed E-state index contributed by atoms with van der Waals surface area (Å²) in [6.45, 7) is 5.61. The summed E-state index contributed by atoms with van der Waals surface area (Å²) in [5, 5.41) is 0. The van der Waals surface area contributed by atoms with Crippen molar-refractivity contribution in [1.29, 1.82) is 0 Å². The molecule has 1 aliphatic rings. The molecule has 0 aromatic rings. The Morgan fingerprint density at radius 3 is 2.89 bits per heavy atom. The number of hydrogen-bond donors (Lipinski definition) is 0. The fraction of sp³-hybridized carbons (Fsp3) is 0.571. The van der Waals surface area contributed by atoms with Gasteiger partial charge >= 0.3 is 5.97 Å². The lowest BCUT2D eigenvalue weighted by atomic mass is 10.0. The fourth-order valence-electron chi connectivity index (χ4n) is 0.793. The average Bonchev–Trinajstić information content (AvgIpc) is 1.80. The highest BCUT2D eigenvalue weighted by Crippen LogP contribution is 2.22. The number of allylic oxidation sites excluding steroid dienone is 1. The Hall–Kier alpha value is -0.790. The maximum Gasteiger partial charge on any atom is 0.310 e. The van der Waals surface area contributed by atoms with Crippen molar-refractivity contribution < 1.29 is 9.53 Å². The van der Waals surface area contributed by atoms with E-state index in [-0.39, 0.29) is 5.97 Å². The summed E-state index contributed by atoms with van der Waals surface area (Å²) < 4.78 is 4.77. The zero-order chi connectivity index (χ0) is 6.85. The summed E-state index contributed by atoms with van der Waals surface area (Å²) in [6, 6.07) is 0. The fourth-order valence-corrected chi connectivity index (χ4v) is 0.793. The van der Waals surface area contributed by atoms with Crippen molar-refractivity contribution in [3.63, 3.8) is 0 Å². The highest BCUT2D eigenvalue weighted by molar-refractivity contribution is 5.71. The molecule has 0 bridgehead atoms. The van der Waals surface area contributed by atoms with Gasteiger partial charge in [-0.2, -0.15) is 0 Å². The Kier molecular flexibility index (Phi) is 1.56. The Morgan fingerprint density at radius 1 is 1.78 bits per heavy atom. The Bertz CT molecular complexity index is 149. The first-order valence-electron chi connectivity index (χ1n) is 3.09. The van der Waals surface area contributed by atoms with Gasteiger partial charge in [0.2, 0.25) is 0 Å². The quantitative estimate of drug-likeness (QED) is 0.459. The number of hydrogen-bond acceptors (Lipinski definition) is 2. The normalized spacial score (nSPS) is 27.9. The monoisotopic (exact) mass is 126 g/mol. The summed E-state index contributed by atoms with van der Waals surface area (Å²) in [5.41, 5.74) is 0. The van der Waals surface area contributed by atoms with Crippen molar-refractivity contribution in [3.8, 4) is 0 Å². The minimum absolute atomic E-state index is 0.141. The molecular formula is C7H10O2. The lowest BCUT2D eigenvalue weighted by Gasteiger charge is -2.19. The molecule has 0 unspecified atom stereocenters. The summed E-state index contributed by atoms with van der Waals surface area (Å²) in [7, 11) is 0. The van der Waals surface area contributed by atoms with Gasteiger partial charge in [0.1, 0.15) is 5.76 Å². The molecule has 2 heteroatoms. The van der Waals surface area contributed by atoms with E-state index in [1.165, 1.54) is 0 Å². The first kappa shape index (κ1) is 6.33. The first-order valence-corrected chi connectivity index (χ1v) is 3.09. The molecule has 1 aliphatic heterocycles. The maximum atomic E-state index is 10.5. The number of esters is 1. The number of rotatable bonds is 0. The minimum atomic E-state index is -0.141. The van der Waals surface area contributed by atoms with E-state index in [1.807, 2.05) is 6.92 Å². The van der Waals surface area contributed by atoms with Gasteiger partial charge in [0.15, 0.2) is 0 Å². The molecule has 1 fully saturated rings. The zero-order valence-corrected chi connectivity index (χ0v) is 5.52. The highest BCUT2D eigenvalue weighted by atomic mass is 16.5. The van der Waals surface area contributed by atoms with Crippen molar-refractivity contribution in [3.05, 3.63) is 12.3 Å². The van der Waals surface area contributed by atoms with Gasteiger partial charge in [0.05, 0.1) is 0 Å². The van der Waals surface area contributed by atoms with Gasteiger partial charge in [-0.25, -0.2) is 0 Å². The summed E-state index contributed by atoms with van der Waals surface area (Å²) >= 11 is 0. The molecule has 0 saturated carbocycles. The molecule has 0 aliphatic carbocycles. The lowest BCUT2D eigenvalue weighted by molar-refractivity contribution is -0.143. The molecule has 0 amide bonds. The second-order valence-electron chi connectivity index (χ2n) is 2.38. The van der Waals surface area contributed by atoms with Crippen molar-refractivity contribution in [2.75, 3.05) is 0 Å². The van der Waals surface area contributed by atoms with Crippen LogP contribution < -0.4 is 0 Å². The van der Waals surface area contributed by atoms with E-state index in [0.717, 1.165) is 6.42 Å². The topological polar surface area (TPSA) is 26.3 Å². The van der Waals surface area contributed by atoms with Crippen LogP contribution in [-0.2, 0) is 9.53 Å². The van der Waals surface area contributed by atoms with Gasteiger partial charge in [-0.1, -0.05) is 13.5 Å². The van der Waals surface area contributed by atoms with Crippen molar-refractivity contribution in [2.45, 2.75) is 19.8 Å². The molecule has 1 atom stereocenters. The van der Waals surface area contributed by atoms with Crippen LogP contribution in [0.15, 0.2) is 12.3 Å². The lowest BCUT2D eigenvalue weighted by Crippen LogP contribution is -2.16. The van der Waals surface area contributed by atoms with Crippen molar-refractivity contribution in [1.82, 2.24) is 0 Å². The van der Waals surface area contributed by atoms with E-state index in [9.17, 15) is 4.79 Å². The van der Waals surface area contributed by atoms with E-state index in [4.69, 9.17) is 4.74 Å². The molecule has 0 N–H and O–H groups in total. The molecule has 0 spiro atoms. The number of ether oxygens (including phenoxy) is 1. The van der Waals surface area contributed by atoms with Crippen LogP contribution in [0.2, 0.25) is 0 Å². The molecule has 0 aromatic heterocycles. The van der Waals surface area contributed by atoms with Crippen LogP contribution in [0.4, 0.5) is 0 Å². The first-order chi connectivity index (χ1) is 4.20. The molecule has 2 nitrogen and oxygen atoms in total. The molecule has 9 heavy (non-hydrogen) atoms. The predicted molar refractivity (Wildman–Crippen MR) is 33.6 cm³/mol. The zero-order valence-electron chi connectivity index (χ0n) is 5.52. The number of cyclic esters (lactones) is 1. The van der Waals surface area contributed by atoms with Crippen LogP contribution in [0.5, 0.6) is 0 Å². The number of carbonyl (C=O) groups excluding carboxylic acids is 1.